The summed E-state index contributed by atoms with van der Waals surface area (Å²) >= 11 is 0. The lowest BCUT2D eigenvalue weighted by Crippen LogP contribution is -2.47. The predicted octanol–water partition coefficient (Wildman–Crippen LogP) is 3.77. The van der Waals surface area contributed by atoms with Crippen LogP contribution < -0.4 is 15.1 Å². The molecule has 0 amide bonds. The molecule has 1 aliphatic heterocycles. The third-order valence-electron chi connectivity index (χ3n) is 5.11. The molecule has 0 radical (unpaired) electrons. The molecule has 0 atom stereocenters. The first-order chi connectivity index (χ1) is 14.1. The van der Waals surface area contributed by atoms with Gasteiger partial charge in [0.05, 0.1) is 0 Å². The lowest BCUT2D eigenvalue weighted by molar-refractivity contribution is 0.634. The molecule has 3 heterocycles. The molecule has 1 aromatic carbocycles. The van der Waals surface area contributed by atoms with Gasteiger partial charge in [-0.05, 0) is 36.6 Å². The van der Waals surface area contributed by atoms with E-state index in [9.17, 15) is 0 Å². The summed E-state index contributed by atoms with van der Waals surface area (Å²) in [5, 5.41) is 3.35. The molecule has 4 rings (SSSR count). The van der Waals surface area contributed by atoms with Gasteiger partial charge in [0.2, 0.25) is 11.9 Å². The molecule has 3 aromatic rings. The maximum absolute atomic E-state index is 4.76. The second kappa shape index (κ2) is 8.43. The number of piperazine rings is 1. The molecule has 1 N–H and O–H groups in total. The maximum Gasteiger partial charge on any atom is 0.229 e. The number of rotatable bonds is 5. The van der Waals surface area contributed by atoms with Gasteiger partial charge >= 0.3 is 0 Å². The molecule has 0 saturated carbocycles. The molecule has 1 fully saturated rings. The topological polar surface area (TPSA) is 70.1 Å². The van der Waals surface area contributed by atoms with E-state index in [4.69, 9.17) is 4.98 Å². The number of hydrogen-bond donors (Lipinski definition) is 1. The largest absolute Gasteiger partial charge is 0.353 e. The lowest BCUT2D eigenvalue weighted by atomic mass is 10.0. The first-order valence-electron chi connectivity index (χ1n) is 10.1. The van der Waals surface area contributed by atoms with Gasteiger partial charge in [-0.25, -0.2) is 15.0 Å². The Morgan fingerprint density at radius 2 is 1.55 bits per heavy atom. The van der Waals surface area contributed by atoms with Crippen LogP contribution in [0.3, 0.4) is 0 Å². The molecule has 150 valence electrons. The summed E-state index contributed by atoms with van der Waals surface area (Å²) in [6, 6.07) is 12.3. The van der Waals surface area contributed by atoms with E-state index in [0.717, 1.165) is 49.3 Å². The summed E-state index contributed by atoms with van der Waals surface area (Å²) in [6.07, 6.45) is 3.57. The van der Waals surface area contributed by atoms with Crippen LogP contribution in [0.4, 0.5) is 23.4 Å². The van der Waals surface area contributed by atoms with Crippen LogP contribution in [0.1, 0.15) is 31.0 Å². The van der Waals surface area contributed by atoms with Crippen molar-refractivity contribution in [2.45, 2.75) is 26.7 Å². The zero-order valence-electron chi connectivity index (χ0n) is 17.2. The number of benzene rings is 1. The van der Waals surface area contributed by atoms with Gasteiger partial charge in [-0.2, -0.15) is 4.98 Å². The molecule has 0 aliphatic carbocycles. The Kier molecular flexibility index (Phi) is 5.55. The molecular formula is C22H27N7. The zero-order valence-corrected chi connectivity index (χ0v) is 17.2. The summed E-state index contributed by atoms with van der Waals surface area (Å²) < 4.78 is 0. The summed E-state index contributed by atoms with van der Waals surface area (Å²) in [5.41, 5.74) is 3.27. The van der Waals surface area contributed by atoms with Crippen molar-refractivity contribution in [2.75, 3.05) is 41.3 Å². The number of aromatic nitrogens is 4. The molecule has 0 spiro atoms. The Morgan fingerprint density at radius 1 is 0.897 bits per heavy atom. The van der Waals surface area contributed by atoms with Crippen LogP contribution in [0.5, 0.6) is 0 Å². The van der Waals surface area contributed by atoms with Crippen molar-refractivity contribution in [3.8, 4) is 0 Å². The Labute approximate surface area is 171 Å². The van der Waals surface area contributed by atoms with Gasteiger partial charge in [0.25, 0.3) is 0 Å². The molecule has 2 aromatic heterocycles. The van der Waals surface area contributed by atoms with Gasteiger partial charge in [0.1, 0.15) is 5.82 Å². The maximum atomic E-state index is 4.76. The summed E-state index contributed by atoms with van der Waals surface area (Å²) in [6.45, 7) is 9.88. The van der Waals surface area contributed by atoms with E-state index in [1.807, 2.05) is 19.1 Å². The standard InChI is InChI=1S/C22H27N7/c1-16(2)18-5-7-19(8-6-18)26-21-25-17(3)15-20(27-21)28-11-13-29(14-12-28)22-23-9-4-10-24-22/h4-10,15-16H,11-14H2,1-3H3,(H,25,26,27). The van der Waals surface area contributed by atoms with Crippen molar-refractivity contribution in [3.63, 3.8) is 0 Å². The van der Waals surface area contributed by atoms with Crippen LogP contribution in [-0.4, -0.2) is 46.1 Å². The molecular weight excluding hydrogens is 362 g/mol. The van der Waals surface area contributed by atoms with Gasteiger partial charge in [0.15, 0.2) is 0 Å². The van der Waals surface area contributed by atoms with Crippen molar-refractivity contribution in [1.82, 2.24) is 19.9 Å². The highest BCUT2D eigenvalue weighted by Crippen LogP contribution is 2.22. The van der Waals surface area contributed by atoms with Crippen molar-refractivity contribution in [3.05, 3.63) is 60.0 Å². The second-order valence-corrected chi connectivity index (χ2v) is 7.62. The Bertz CT molecular complexity index is 933. The summed E-state index contributed by atoms with van der Waals surface area (Å²) in [7, 11) is 0. The van der Waals surface area contributed by atoms with Crippen molar-refractivity contribution < 1.29 is 0 Å². The number of anilines is 4. The van der Waals surface area contributed by atoms with Crippen LogP contribution in [0.15, 0.2) is 48.8 Å². The van der Waals surface area contributed by atoms with E-state index < -0.39 is 0 Å². The number of nitrogens with one attached hydrogen (secondary N) is 1. The fourth-order valence-corrected chi connectivity index (χ4v) is 3.44. The minimum Gasteiger partial charge on any atom is -0.353 e. The Hall–Kier alpha value is -3.22. The van der Waals surface area contributed by atoms with Gasteiger partial charge in [-0.1, -0.05) is 26.0 Å². The smallest absolute Gasteiger partial charge is 0.229 e. The summed E-state index contributed by atoms with van der Waals surface area (Å²) in [5.74, 6) is 2.89. The van der Waals surface area contributed by atoms with E-state index in [2.05, 4.69) is 68.2 Å². The molecule has 0 unspecified atom stereocenters. The van der Waals surface area contributed by atoms with Crippen molar-refractivity contribution in [2.24, 2.45) is 0 Å². The van der Waals surface area contributed by atoms with E-state index in [0.29, 0.717) is 11.9 Å². The average Bonchev–Trinajstić information content (AvgIpc) is 2.74. The van der Waals surface area contributed by atoms with Crippen LogP contribution in [0.25, 0.3) is 0 Å². The van der Waals surface area contributed by atoms with Gasteiger partial charge < -0.3 is 15.1 Å². The number of nitrogens with zero attached hydrogens (tertiary/aromatic N) is 6. The number of hydrogen-bond acceptors (Lipinski definition) is 7. The average molecular weight is 390 g/mol. The van der Waals surface area contributed by atoms with Crippen molar-refractivity contribution >= 4 is 23.4 Å². The van der Waals surface area contributed by atoms with E-state index in [1.54, 1.807) is 12.4 Å². The number of aryl methyl sites for hydroxylation is 1. The Morgan fingerprint density at radius 3 is 2.21 bits per heavy atom. The van der Waals surface area contributed by atoms with Gasteiger partial charge in [-0.15, -0.1) is 0 Å². The monoisotopic (exact) mass is 389 g/mol. The zero-order chi connectivity index (χ0) is 20.2. The first kappa shape index (κ1) is 19.1. The first-order valence-corrected chi connectivity index (χ1v) is 10.1. The van der Waals surface area contributed by atoms with Gasteiger partial charge in [0, 0.05) is 56.0 Å². The molecule has 7 heteroatoms. The highest BCUT2D eigenvalue weighted by atomic mass is 15.3. The third-order valence-corrected chi connectivity index (χ3v) is 5.11. The normalized spacial score (nSPS) is 14.3. The Balaban J connectivity index is 1.44. The van der Waals surface area contributed by atoms with Crippen LogP contribution in [-0.2, 0) is 0 Å². The van der Waals surface area contributed by atoms with Crippen LogP contribution in [0.2, 0.25) is 0 Å². The lowest BCUT2D eigenvalue weighted by Gasteiger charge is -2.35. The van der Waals surface area contributed by atoms with Gasteiger partial charge in [-0.3, -0.25) is 0 Å². The molecule has 1 saturated heterocycles. The predicted molar refractivity (Wildman–Crippen MR) is 117 cm³/mol. The summed E-state index contributed by atoms with van der Waals surface area (Å²) in [4.78, 5) is 22.5. The minimum atomic E-state index is 0.519. The highest BCUT2D eigenvalue weighted by Gasteiger charge is 2.20. The second-order valence-electron chi connectivity index (χ2n) is 7.62. The van der Waals surface area contributed by atoms with E-state index >= 15 is 0 Å². The SMILES string of the molecule is Cc1cc(N2CCN(c3ncccn3)CC2)nc(Nc2ccc(C(C)C)cc2)n1. The molecule has 0 bridgehead atoms. The van der Waals surface area contributed by atoms with Crippen molar-refractivity contribution in [1.29, 1.82) is 0 Å². The fraction of sp³-hybridized carbons (Fsp3) is 0.364. The molecule has 7 nitrogen and oxygen atoms in total. The van der Waals surface area contributed by atoms with Crippen LogP contribution in [0, 0.1) is 6.92 Å². The van der Waals surface area contributed by atoms with E-state index in [-0.39, 0.29) is 0 Å². The molecule has 1 aliphatic rings. The van der Waals surface area contributed by atoms with E-state index in [1.165, 1.54) is 5.56 Å². The minimum absolute atomic E-state index is 0.519. The third kappa shape index (κ3) is 4.62. The quantitative estimate of drug-likeness (QED) is 0.712. The highest BCUT2D eigenvalue weighted by molar-refractivity contribution is 5.56. The fourth-order valence-electron chi connectivity index (χ4n) is 3.44. The molecule has 29 heavy (non-hydrogen) atoms. The van der Waals surface area contributed by atoms with Crippen LogP contribution >= 0.6 is 0 Å².